The van der Waals surface area contributed by atoms with Crippen molar-refractivity contribution < 1.29 is 9.47 Å². The standard InChI is InChI=1S/C14H21NO2.ClH/c1-10-9-12(16-2)3-4-13(10)14(15)11-5-7-17-8-6-11;/h3-4,9,11,14H,5-8,15H2,1-2H3;1H/t14-;/m1./s1. The second-order valence-electron chi connectivity index (χ2n) is 4.70. The number of ether oxygens (including phenoxy) is 2. The van der Waals surface area contributed by atoms with Crippen LogP contribution in [0.4, 0.5) is 0 Å². The molecule has 0 aliphatic carbocycles. The van der Waals surface area contributed by atoms with E-state index in [0.29, 0.717) is 5.92 Å². The van der Waals surface area contributed by atoms with Crippen molar-refractivity contribution >= 4 is 12.4 Å². The lowest BCUT2D eigenvalue weighted by atomic mass is 9.86. The van der Waals surface area contributed by atoms with Gasteiger partial charge in [-0.25, -0.2) is 0 Å². The van der Waals surface area contributed by atoms with E-state index in [9.17, 15) is 0 Å². The summed E-state index contributed by atoms with van der Waals surface area (Å²) in [4.78, 5) is 0. The maximum atomic E-state index is 6.37. The summed E-state index contributed by atoms with van der Waals surface area (Å²) in [5.74, 6) is 1.43. The highest BCUT2D eigenvalue weighted by atomic mass is 35.5. The summed E-state index contributed by atoms with van der Waals surface area (Å²) in [6, 6.07) is 6.24. The van der Waals surface area contributed by atoms with E-state index in [4.69, 9.17) is 15.2 Å². The molecule has 1 aliphatic rings. The largest absolute Gasteiger partial charge is 0.497 e. The van der Waals surface area contributed by atoms with E-state index in [-0.39, 0.29) is 18.4 Å². The number of hydrogen-bond donors (Lipinski definition) is 1. The summed E-state index contributed by atoms with van der Waals surface area (Å²) in [5.41, 5.74) is 8.81. The Morgan fingerprint density at radius 1 is 1.33 bits per heavy atom. The third kappa shape index (κ3) is 3.37. The Labute approximate surface area is 115 Å². The summed E-state index contributed by atoms with van der Waals surface area (Å²) >= 11 is 0. The van der Waals surface area contributed by atoms with Gasteiger partial charge in [0.1, 0.15) is 5.75 Å². The lowest BCUT2D eigenvalue weighted by Crippen LogP contribution is -2.27. The zero-order chi connectivity index (χ0) is 12.3. The first-order valence-corrected chi connectivity index (χ1v) is 6.20. The molecule has 1 aliphatic heterocycles. The molecule has 102 valence electrons. The molecule has 0 bridgehead atoms. The topological polar surface area (TPSA) is 44.5 Å². The summed E-state index contributed by atoms with van der Waals surface area (Å²) in [6.07, 6.45) is 2.12. The van der Waals surface area contributed by atoms with Crippen LogP contribution in [-0.4, -0.2) is 20.3 Å². The molecular weight excluding hydrogens is 250 g/mol. The number of hydrogen-bond acceptors (Lipinski definition) is 3. The molecule has 2 rings (SSSR count). The molecule has 1 aromatic carbocycles. The van der Waals surface area contributed by atoms with Gasteiger partial charge in [0.05, 0.1) is 7.11 Å². The second-order valence-corrected chi connectivity index (χ2v) is 4.70. The Bertz CT molecular complexity index is 378. The van der Waals surface area contributed by atoms with Gasteiger partial charge in [0.25, 0.3) is 0 Å². The maximum absolute atomic E-state index is 6.37. The monoisotopic (exact) mass is 271 g/mol. The molecule has 0 saturated carbocycles. The minimum Gasteiger partial charge on any atom is -0.497 e. The highest BCUT2D eigenvalue weighted by molar-refractivity contribution is 5.85. The Hall–Kier alpha value is -0.770. The number of nitrogens with two attached hydrogens (primary N) is 1. The number of aryl methyl sites for hydroxylation is 1. The molecule has 1 heterocycles. The van der Waals surface area contributed by atoms with Crippen LogP contribution >= 0.6 is 12.4 Å². The van der Waals surface area contributed by atoms with Crippen molar-refractivity contribution in [2.45, 2.75) is 25.8 Å². The van der Waals surface area contributed by atoms with Crippen molar-refractivity contribution in [2.24, 2.45) is 11.7 Å². The van der Waals surface area contributed by atoms with E-state index in [1.54, 1.807) is 7.11 Å². The Morgan fingerprint density at radius 2 is 2.00 bits per heavy atom. The lowest BCUT2D eigenvalue weighted by Gasteiger charge is -2.28. The van der Waals surface area contributed by atoms with Crippen LogP contribution in [0.15, 0.2) is 18.2 Å². The van der Waals surface area contributed by atoms with Crippen molar-refractivity contribution in [1.29, 1.82) is 0 Å². The van der Waals surface area contributed by atoms with E-state index in [0.717, 1.165) is 31.8 Å². The van der Waals surface area contributed by atoms with Gasteiger partial charge in [-0.2, -0.15) is 0 Å². The molecule has 2 N–H and O–H groups in total. The van der Waals surface area contributed by atoms with Crippen molar-refractivity contribution in [3.05, 3.63) is 29.3 Å². The number of methoxy groups -OCH3 is 1. The van der Waals surface area contributed by atoms with Crippen molar-refractivity contribution in [2.75, 3.05) is 20.3 Å². The van der Waals surface area contributed by atoms with Gasteiger partial charge in [0.15, 0.2) is 0 Å². The molecule has 18 heavy (non-hydrogen) atoms. The van der Waals surface area contributed by atoms with E-state index in [2.05, 4.69) is 19.1 Å². The van der Waals surface area contributed by atoms with Gasteiger partial charge in [0.2, 0.25) is 0 Å². The number of halogens is 1. The average Bonchev–Trinajstić information content (AvgIpc) is 2.39. The molecule has 1 fully saturated rings. The Kier molecular flexibility index (Phi) is 5.93. The van der Waals surface area contributed by atoms with E-state index < -0.39 is 0 Å². The third-order valence-corrected chi connectivity index (χ3v) is 3.61. The zero-order valence-corrected chi connectivity index (χ0v) is 11.8. The van der Waals surface area contributed by atoms with Crippen LogP contribution in [0.25, 0.3) is 0 Å². The number of benzene rings is 1. The molecule has 0 amide bonds. The predicted molar refractivity (Wildman–Crippen MR) is 75.5 cm³/mol. The second kappa shape index (κ2) is 6.98. The average molecular weight is 272 g/mol. The first-order chi connectivity index (χ1) is 8.22. The predicted octanol–water partition coefficient (Wildman–Crippen LogP) is 2.85. The van der Waals surface area contributed by atoms with Crippen LogP contribution in [0.2, 0.25) is 0 Å². The fourth-order valence-corrected chi connectivity index (χ4v) is 2.48. The molecule has 0 aromatic heterocycles. The fraction of sp³-hybridized carbons (Fsp3) is 0.571. The van der Waals surface area contributed by atoms with Gasteiger partial charge >= 0.3 is 0 Å². The molecule has 1 atom stereocenters. The van der Waals surface area contributed by atoms with Crippen molar-refractivity contribution in [3.63, 3.8) is 0 Å². The molecular formula is C14H22ClNO2. The summed E-state index contributed by atoms with van der Waals surface area (Å²) < 4.78 is 10.6. The first-order valence-electron chi connectivity index (χ1n) is 6.20. The van der Waals surface area contributed by atoms with Gasteiger partial charge in [-0.05, 0) is 48.9 Å². The molecule has 4 heteroatoms. The van der Waals surface area contributed by atoms with Crippen molar-refractivity contribution in [1.82, 2.24) is 0 Å². The zero-order valence-electron chi connectivity index (χ0n) is 11.0. The van der Waals surface area contributed by atoms with Gasteiger partial charge < -0.3 is 15.2 Å². The van der Waals surface area contributed by atoms with E-state index >= 15 is 0 Å². The maximum Gasteiger partial charge on any atom is 0.119 e. The van der Waals surface area contributed by atoms with Crippen LogP contribution in [0.3, 0.4) is 0 Å². The Balaban J connectivity index is 0.00000162. The van der Waals surface area contributed by atoms with Gasteiger partial charge in [0, 0.05) is 19.3 Å². The third-order valence-electron chi connectivity index (χ3n) is 3.61. The van der Waals surface area contributed by atoms with Crippen LogP contribution in [0.5, 0.6) is 5.75 Å². The molecule has 0 unspecified atom stereocenters. The van der Waals surface area contributed by atoms with Crippen LogP contribution in [-0.2, 0) is 4.74 Å². The van der Waals surface area contributed by atoms with Gasteiger partial charge in [-0.3, -0.25) is 0 Å². The minimum absolute atomic E-state index is 0. The highest BCUT2D eigenvalue weighted by Gasteiger charge is 2.23. The van der Waals surface area contributed by atoms with Crippen LogP contribution in [0.1, 0.15) is 30.0 Å². The van der Waals surface area contributed by atoms with Crippen LogP contribution < -0.4 is 10.5 Å². The van der Waals surface area contributed by atoms with Crippen molar-refractivity contribution in [3.8, 4) is 5.75 Å². The molecule has 1 aromatic rings. The Morgan fingerprint density at radius 3 is 2.56 bits per heavy atom. The molecule has 0 spiro atoms. The van der Waals surface area contributed by atoms with E-state index in [1.807, 2.05) is 6.07 Å². The molecule has 3 nitrogen and oxygen atoms in total. The smallest absolute Gasteiger partial charge is 0.119 e. The summed E-state index contributed by atoms with van der Waals surface area (Å²) in [5, 5.41) is 0. The van der Waals surface area contributed by atoms with E-state index in [1.165, 1.54) is 11.1 Å². The van der Waals surface area contributed by atoms with Gasteiger partial charge in [-0.1, -0.05) is 6.07 Å². The molecule has 1 saturated heterocycles. The lowest BCUT2D eigenvalue weighted by molar-refractivity contribution is 0.0583. The first kappa shape index (κ1) is 15.3. The SMILES string of the molecule is COc1ccc([C@H](N)C2CCOCC2)c(C)c1.Cl. The normalized spacial score (nSPS) is 17.9. The number of rotatable bonds is 3. The summed E-state index contributed by atoms with van der Waals surface area (Å²) in [6.45, 7) is 3.78. The van der Waals surface area contributed by atoms with Gasteiger partial charge in [-0.15, -0.1) is 12.4 Å². The quantitative estimate of drug-likeness (QED) is 0.919. The highest BCUT2D eigenvalue weighted by Crippen LogP contribution is 2.31. The fourth-order valence-electron chi connectivity index (χ4n) is 2.48. The van der Waals surface area contributed by atoms with Crippen LogP contribution in [0, 0.1) is 12.8 Å². The molecule has 0 radical (unpaired) electrons. The summed E-state index contributed by atoms with van der Waals surface area (Å²) in [7, 11) is 1.69. The minimum atomic E-state index is 0.